The molecule has 0 saturated carbocycles. The molecule has 19 heavy (non-hydrogen) atoms. The minimum atomic E-state index is -0.394. The molecule has 0 bridgehead atoms. The molecule has 0 aromatic heterocycles. The highest BCUT2D eigenvalue weighted by molar-refractivity contribution is 5.71. The first-order valence-electron chi connectivity index (χ1n) is 6.63. The van der Waals surface area contributed by atoms with Crippen LogP contribution in [-0.2, 0) is 12.8 Å². The quantitative estimate of drug-likeness (QED) is 0.837. The number of amides is 1. The van der Waals surface area contributed by atoms with Crippen LogP contribution < -0.4 is 4.74 Å². The number of ether oxygens (including phenoxy) is 1. The van der Waals surface area contributed by atoms with Gasteiger partial charge in [0.15, 0.2) is 0 Å². The Morgan fingerprint density at radius 1 is 1.42 bits per heavy atom. The molecule has 1 amide bonds. The summed E-state index contributed by atoms with van der Waals surface area (Å²) in [5.41, 5.74) is 2.45. The van der Waals surface area contributed by atoms with Crippen LogP contribution in [-0.4, -0.2) is 24.6 Å². The van der Waals surface area contributed by atoms with Crippen molar-refractivity contribution in [1.82, 2.24) is 4.90 Å². The Hall–Kier alpha value is -2.02. The normalized spacial score (nSPS) is 13.3. The molecule has 0 radical (unpaired) electrons. The molecule has 0 unspecified atom stereocenters. The second kappa shape index (κ2) is 6.24. The summed E-state index contributed by atoms with van der Waals surface area (Å²) in [5, 5.41) is 8.52. The van der Waals surface area contributed by atoms with Gasteiger partial charge in [-0.15, -0.1) is 0 Å². The Morgan fingerprint density at radius 3 is 3.00 bits per heavy atom. The van der Waals surface area contributed by atoms with E-state index in [-0.39, 0.29) is 0 Å². The van der Waals surface area contributed by atoms with E-state index in [4.69, 9.17) is 10.00 Å². The van der Waals surface area contributed by atoms with Crippen molar-refractivity contribution < 1.29 is 9.53 Å². The molecule has 0 N–H and O–H groups in total. The van der Waals surface area contributed by atoms with E-state index in [0.29, 0.717) is 18.7 Å². The molecule has 100 valence electrons. The fourth-order valence-electron chi connectivity index (χ4n) is 2.32. The summed E-state index contributed by atoms with van der Waals surface area (Å²) in [7, 11) is 1.65. The number of benzene rings is 1. The van der Waals surface area contributed by atoms with Gasteiger partial charge in [-0.3, -0.25) is 0 Å². The number of nitriles is 1. The molecule has 0 spiro atoms. The van der Waals surface area contributed by atoms with Gasteiger partial charge >= 0.3 is 6.09 Å². The van der Waals surface area contributed by atoms with E-state index in [1.165, 1.54) is 16.9 Å². The van der Waals surface area contributed by atoms with Crippen LogP contribution in [0.5, 0.6) is 5.75 Å². The first-order valence-corrected chi connectivity index (χ1v) is 6.63. The molecule has 4 heteroatoms. The molecule has 0 heterocycles. The number of carbonyl (C=O) groups excluding carboxylic acids is 1. The third-order valence-electron chi connectivity index (χ3n) is 3.42. The predicted octanol–water partition coefficient (Wildman–Crippen LogP) is 2.91. The molecule has 2 rings (SSSR count). The summed E-state index contributed by atoms with van der Waals surface area (Å²) in [6.45, 7) is 0.393. The smallest absolute Gasteiger partial charge is 0.410 e. The van der Waals surface area contributed by atoms with Crippen LogP contribution in [0.2, 0.25) is 0 Å². The van der Waals surface area contributed by atoms with E-state index >= 15 is 0 Å². The van der Waals surface area contributed by atoms with Crippen LogP contribution in [0.4, 0.5) is 4.79 Å². The summed E-state index contributed by atoms with van der Waals surface area (Å²) >= 11 is 0. The minimum absolute atomic E-state index is 0.318. The summed E-state index contributed by atoms with van der Waals surface area (Å²) < 4.78 is 5.45. The maximum Gasteiger partial charge on any atom is 0.415 e. The summed E-state index contributed by atoms with van der Waals surface area (Å²) in [6.07, 6.45) is 4.30. The second-order valence-corrected chi connectivity index (χ2v) is 4.80. The molecule has 1 aromatic carbocycles. The molecule has 4 nitrogen and oxygen atoms in total. The van der Waals surface area contributed by atoms with Crippen LogP contribution in [0.15, 0.2) is 18.2 Å². The lowest BCUT2D eigenvalue weighted by Gasteiger charge is -2.21. The Kier molecular flexibility index (Phi) is 4.40. The zero-order valence-electron chi connectivity index (χ0n) is 11.2. The highest BCUT2D eigenvalue weighted by atomic mass is 16.6. The lowest BCUT2D eigenvalue weighted by atomic mass is 9.91. The third kappa shape index (κ3) is 3.25. The molecule has 1 aliphatic rings. The fourth-order valence-corrected chi connectivity index (χ4v) is 2.32. The Balaban J connectivity index is 2.07. The van der Waals surface area contributed by atoms with E-state index in [1.54, 1.807) is 7.05 Å². The number of nitrogens with zero attached hydrogens (tertiary/aromatic N) is 2. The first-order chi connectivity index (χ1) is 9.22. The molecule has 1 aliphatic carbocycles. The van der Waals surface area contributed by atoms with Gasteiger partial charge in [0.05, 0.1) is 12.5 Å². The Morgan fingerprint density at radius 2 is 2.21 bits per heavy atom. The van der Waals surface area contributed by atoms with E-state index in [9.17, 15) is 4.79 Å². The van der Waals surface area contributed by atoms with E-state index < -0.39 is 6.09 Å². The number of rotatable bonds is 3. The maximum atomic E-state index is 11.9. The van der Waals surface area contributed by atoms with E-state index in [1.807, 2.05) is 18.2 Å². The van der Waals surface area contributed by atoms with E-state index in [2.05, 4.69) is 6.07 Å². The highest BCUT2D eigenvalue weighted by Gasteiger charge is 2.17. The first kappa shape index (κ1) is 13.4. The van der Waals surface area contributed by atoms with Crippen LogP contribution in [0.1, 0.15) is 30.4 Å². The maximum absolute atomic E-state index is 11.9. The lowest BCUT2D eigenvalue weighted by Crippen LogP contribution is -2.30. The van der Waals surface area contributed by atoms with Crippen LogP contribution in [0, 0.1) is 11.3 Å². The van der Waals surface area contributed by atoms with Crippen molar-refractivity contribution >= 4 is 6.09 Å². The Bertz CT molecular complexity index is 505. The van der Waals surface area contributed by atoms with Gasteiger partial charge in [0.25, 0.3) is 0 Å². The molecule has 0 aliphatic heterocycles. The summed E-state index contributed by atoms with van der Waals surface area (Å²) in [6, 6.07) is 7.90. The molecule has 0 atom stereocenters. The zero-order valence-corrected chi connectivity index (χ0v) is 11.2. The molecule has 0 fully saturated rings. The number of carbonyl (C=O) groups is 1. The predicted molar refractivity (Wildman–Crippen MR) is 72.0 cm³/mol. The molecular formula is C15H18N2O2. The van der Waals surface area contributed by atoms with Gasteiger partial charge in [-0.2, -0.15) is 5.26 Å². The van der Waals surface area contributed by atoms with Crippen molar-refractivity contribution in [2.24, 2.45) is 0 Å². The van der Waals surface area contributed by atoms with Gasteiger partial charge in [-0.05, 0) is 42.9 Å². The van der Waals surface area contributed by atoms with Crippen molar-refractivity contribution in [3.63, 3.8) is 0 Å². The average molecular weight is 258 g/mol. The molecule has 1 aromatic rings. The average Bonchev–Trinajstić information content (AvgIpc) is 2.45. The minimum Gasteiger partial charge on any atom is -0.410 e. The van der Waals surface area contributed by atoms with Gasteiger partial charge in [0, 0.05) is 13.6 Å². The van der Waals surface area contributed by atoms with Gasteiger partial charge < -0.3 is 9.64 Å². The van der Waals surface area contributed by atoms with Gasteiger partial charge in [0.2, 0.25) is 0 Å². The highest BCUT2D eigenvalue weighted by Crippen LogP contribution is 2.29. The Labute approximate surface area is 113 Å². The topological polar surface area (TPSA) is 53.3 Å². The summed E-state index contributed by atoms with van der Waals surface area (Å²) in [5.74, 6) is 0.672. The number of aryl methyl sites for hydroxylation is 1. The lowest BCUT2D eigenvalue weighted by molar-refractivity contribution is 0.163. The van der Waals surface area contributed by atoms with Gasteiger partial charge in [0.1, 0.15) is 5.75 Å². The number of hydrogen-bond acceptors (Lipinski definition) is 3. The zero-order chi connectivity index (χ0) is 13.7. The largest absolute Gasteiger partial charge is 0.415 e. The number of hydrogen-bond donors (Lipinski definition) is 0. The van der Waals surface area contributed by atoms with Crippen molar-refractivity contribution in [1.29, 1.82) is 5.26 Å². The van der Waals surface area contributed by atoms with Crippen LogP contribution in [0.25, 0.3) is 0 Å². The number of fused-ring (bicyclic) bond motifs is 1. The SMILES string of the molecule is CN(CCC#N)C(=O)Oc1cccc2c1CCCC2. The van der Waals surface area contributed by atoms with Crippen molar-refractivity contribution in [2.45, 2.75) is 32.1 Å². The van der Waals surface area contributed by atoms with Gasteiger partial charge in [-0.25, -0.2) is 4.79 Å². The molecule has 0 saturated heterocycles. The monoisotopic (exact) mass is 258 g/mol. The third-order valence-corrected chi connectivity index (χ3v) is 3.42. The molecular weight excluding hydrogens is 240 g/mol. The van der Waals surface area contributed by atoms with Crippen LogP contribution >= 0.6 is 0 Å². The van der Waals surface area contributed by atoms with Crippen molar-refractivity contribution in [2.75, 3.05) is 13.6 Å². The van der Waals surface area contributed by atoms with Crippen LogP contribution in [0.3, 0.4) is 0 Å². The second-order valence-electron chi connectivity index (χ2n) is 4.80. The van der Waals surface area contributed by atoms with Gasteiger partial charge in [-0.1, -0.05) is 12.1 Å². The fraction of sp³-hybridized carbons (Fsp3) is 0.467. The van der Waals surface area contributed by atoms with Crippen molar-refractivity contribution in [3.8, 4) is 11.8 Å². The standard InChI is InChI=1S/C15H18N2O2/c1-17(11-5-10-16)15(18)19-14-9-4-7-12-6-2-3-8-13(12)14/h4,7,9H,2-3,5-6,8,11H2,1H3. The van der Waals surface area contributed by atoms with Crippen molar-refractivity contribution in [3.05, 3.63) is 29.3 Å². The summed E-state index contributed by atoms with van der Waals surface area (Å²) in [4.78, 5) is 13.3. The van der Waals surface area contributed by atoms with E-state index in [0.717, 1.165) is 24.8 Å².